The van der Waals surface area contributed by atoms with E-state index in [0.29, 0.717) is 19.6 Å². The van der Waals surface area contributed by atoms with Crippen LogP contribution in [0.2, 0.25) is 0 Å². The van der Waals surface area contributed by atoms with Crippen molar-refractivity contribution in [2.24, 2.45) is 0 Å². The molecular weight excluding hydrogens is 278 g/mol. The highest BCUT2D eigenvalue weighted by Gasteiger charge is 2.38. The molecule has 0 aliphatic carbocycles. The molecule has 22 heavy (non-hydrogen) atoms. The molecule has 2 aliphatic heterocycles. The Morgan fingerprint density at radius 2 is 2.18 bits per heavy atom. The van der Waals surface area contributed by atoms with Crippen LogP contribution in [-0.2, 0) is 16.0 Å². The lowest BCUT2D eigenvalue weighted by Gasteiger charge is -2.40. The fourth-order valence-electron chi connectivity index (χ4n) is 3.38. The maximum Gasteiger partial charge on any atom is 0.222 e. The minimum atomic E-state index is -0.224. The number of hydrogen-bond acceptors (Lipinski definition) is 4. The van der Waals surface area contributed by atoms with Gasteiger partial charge in [-0.1, -0.05) is 6.07 Å². The number of piperidine rings is 1. The number of pyridine rings is 1. The van der Waals surface area contributed by atoms with E-state index >= 15 is 0 Å². The largest absolute Gasteiger partial charge is 0.373 e. The second-order valence-electron chi connectivity index (χ2n) is 6.42. The highest BCUT2D eigenvalue weighted by Crippen LogP contribution is 2.30. The summed E-state index contributed by atoms with van der Waals surface area (Å²) in [6, 6.07) is 6.20. The van der Waals surface area contributed by atoms with E-state index in [4.69, 9.17) is 4.74 Å². The number of carbonyl (C=O) groups excluding carboxylic acids is 1. The van der Waals surface area contributed by atoms with Crippen molar-refractivity contribution in [2.45, 2.75) is 38.2 Å². The second kappa shape index (κ2) is 6.75. The highest BCUT2D eigenvalue weighted by molar-refractivity contribution is 5.77. The van der Waals surface area contributed by atoms with Gasteiger partial charge in [-0.15, -0.1) is 0 Å². The Labute approximate surface area is 132 Å². The number of carbonyl (C=O) groups is 1. The van der Waals surface area contributed by atoms with Crippen LogP contribution < -0.4 is 5.32 Å². The lowest BCUT2D eigenvalue weighted by Crippen LogP contribution is -2.47. The van der Waals surface area contributed by atoms with E-state index in [1.54, 1.807) is 0 Å². The Kier molecular flexibility index (Phi) is 4.74. The van der Waals surface area contributed by atoms with Gasteiger partial charge in [0.1, 0.15) is 0 Å². The van der Waals surface area contributed by atoms with Crippen LogP contribution in [0.5, 0.6) is 0 Å². The zero-order valence-electron chi connectivity index (χ0n) is 13.3. The zero-order chi connectivity index (χ0) is 15.4. The molecule has 0 unspecified atom stereocenters. The number of nitrogens with zero attached hydrogens (tertiary/aromatic N) is 2. The maximum atomic E-state index is 11.8. The fraction of sp³-hybridized carbons (Fsp3) is 0.647. The molecule has 1 N–H and O–H groups in total. The normalized spacial score (nSPS) is 22.3. The number of aromatic nitrogens is 1. The average Bonchev–Trinajstić information content (AvgIpc) is 2.69. The summed E-state index contributed by atoms with van der Waals surface area (Å²) in [5.74, 6) is 0.134. The van der Waals surface area contributed by atoms with E-state index < -0.39 is 0 Å². The molecule has 0 aromatic carbocycles. The molecule has 2 fully saturated rings. The third kappa shape index (κ3) is 3.84. The minimum absolute atomic E-state index is 0.134. The van der Waals surface area contributed by atoms with Crippen LogP contribution >= 0.6 is 0 Å². The van der Waals surface area contributed by atoms with E-state index in [2.05, 4.69) is 27.3 Å². The predicted molar refractivity (Wildman–Crippen MR) is 84.7 cm³/mol. The Hall–Kier alpha value is -1.46. The molecule has 2 aliphatic rings. The first-order chi connectivity index (χ1) is 10.7. The smallest absolute Gasteiger partial charge is 0.222 e. The van der Waals surface area contributed by atoms with Crippen molar-refractivity contribution in [3.05, 3.63) is 29.6 Å². The van der Waals surface area contributed by atoms with E-state index in [-0.39, 0.29) is 11.5 Å². The van der Waals surface area contributed by atoms with Crippen molar-refractivity contribution in [2.75, 3.05) is 32.8 Å². The van der Waals surface area contributed by atoms with Gasteiger partial charge in [-0.3, -0.25) is 9.78 Å². The van der Waals surface area contributed by atoms with Gasteiger partial charge in [0.15, 0.2) is 0 Å². The fourth-order valence-corrected chi connectivity index (χ4v) is 3.38. The van der Waals surface area contributed by atoms with Gasteiger partial charge in [-0.05, 0) is 31.9 Å². The van der Waals surface area contributed by atoms with E-state index in [0.717, 1.165) is 50.3 Å². The summed E-state index contributed by atoms with van der Waals surface area (Å²) in [5, 5.41) is 2.89. The van der Waals surface area contributed by atoms with Crippen LogP contribution in [0.1, 0.15) is 30.7 Å². The second-order valence-corrected chi connectivity index (χ2v) is 6.42. The molecule has 2 saturated heterocycles. The maximum absolute atomic E-state index is 11.8. The number of ether oxygens (including phenoxy) is 1. The number of rotatable bonds is 3. The quantitative estimate of drug-likeness (QED) is 0.914. The zero-order valence-corrected chi connectivity index (χ0v) is 13.3. The first kappa shape index (κ1) is 15.4. The summed E-state index contributed by atoms with van der Waals surface area (Å²) in [6.45, 7) is 6.34. The van der Waals surface area contributed by atoms with Crippen LogP contribution in [0.25, 0.3) is 0 Å². The summed E-state index contributed by atoms with van der Waals surface area (Å²) in [7, 11) is 0. The molecule has 5 nitrogen and oxygen atoms in total. The van der Waals surface area contributed by atoms with Crippen molar-refractivity contribution in [3.8, 4) is 0 Å². The molecule has 0 bridgehead atoms. The summed E-state index contributed by atoms with van der Waals surface area (Å²) >= 11 is 0. The molecule has 1 aromatic rings. The van der Waals surface area contributed by atoms with Gasteiger partial charge in [0.25, 0.3) is 0 Å². The van der Waals surface area contributed by atoms with E-state index in [1.807, 2.05) is 13.0 Å². The molecule has 0 atom stereocenters. The topological polar surface area (TPSA) is 54.5 Å². The molecule has 1 amide bonds. The molecule has 3 heterocycles. The summed E-state index contributed by atoms with van der Waals surface area (Å²) < 4.78 is 6.01. The first-order valence-corrected chi connectivity index (χ1v) is 8.21. The number of likely N-dealkylation sites (tertiary alicyclic amines) is 1. The minimum Gasteiger partial charge on any atom is -0.373 e. The number of amides is 1. The molecule has 0 saturated carbocycles. The summed E-state index contributed by atoms with van der Waals surface area (Å²) in [6.07, 6.45) is 3.39. The van der Waals surface area contributed by atoms with Crippen LogP contribution in [0, 0.1) is 6.92 Å². The first-order valence-electron chi connectivity index (χ1n) is 8.21. The summed E-state index contributed by atoms with van der Waals surface area (Å²) in [4.78, 5) is 18.8. The van der Waals surface area contributed by atoms with Crippen molar-refractivity contribution >= 4 is 5.91 Å². The van der Waals surface area contributed by atoms with Gasteiger partial charge in [-0.25, -0.2) is 0 Å². The molecular formula is C17H25N3O2. The molecule has 1 aromatic heterocycles. The third-order valence-electron chi connectivity index (χ3n) is 4.71. The van der Waals surface area contributed by atoms with E-state index in [9.17, 15) is 4.79 Å². The van der Waals surface area contributed by atoms with Gasteiger partial charge < -0.3 is 15.0 Å². The van der Waals surface area contributed by atoms with E-state index in [1.165, 1.54) is 0 Å². The number of aryl methyl sites for hydroxylation is 1. The Balaban J connectivity index is 1.50. The number of hydrogen-bond donors (Lipinski definition) is 1. The van der Waals surface area contributed by atoms with Crippen molar-refractivity contribution < 1.29 is 9.53 Å². The Morgan fingerprint density at radius 3 is 2.95 bits per heavy atom. The van der Waals surface area contributed by atoms with Gasteiger partial charge in [0.2, 0.25) is 5.91 Å². The van der Waals surface area contributed by atoms with Crippen molar-refractivity contribution in [3.63, 3.8) is 0 Å². The van der Waals surface area contributed by atoms with Crippen molar-refractivity contribution in [1.29, 1.82) is 0 Å². The Bertz CT molecular complexity index is 524. The molecule has 0 radical (unpaired) electrons. The molecule has 3 rings (SSSR count). The van der Waals surface area contributed by atoms with Crippen LogP contribution in [0.3, 0.4) is 0 Å². The molecule has 5 heteroatoms. The van der Waals surface area contributed by atoms with Gasteiger partial charge >= 0.3 is 0 Å². The Morgan fingerprint density at radius 1 is 1.36 bits per heavy atom. The van der Waals surface area contributed by atoms with Crippen LogP contribution in [0.4, 0.5) is 0 Å². The standard InChI is InChI=1S/C17H25N3O2/c1-14-3-2-4-15(19-14)5-9-20-10-6-17(7-11-20)13-16(21)18-8-12-22-17/h2-4H,5-13H2,1H3,(H,18,21). The van der Waals surface area contributed by atoms with Gasteiger partial charge in [0, 0.05) is 44.0 Å². The lowest BCUT2D eigenvalue weighted by molar-refractivity contribution is -0.128. The van der Waals surface area contributed by atoms with Gasteiger partial charge in [-0.2, -0.15) is 0 Å². The monoisotopic (exact) mass is 303 g/mol. The third-order valence-corrected chi connectivity index (χ3v) is 4.71. The van der Waals surface area contributed by atoms with Gasteiger partial charge in [0.05, 0.1) is 18.6 Å². The van der Waals surface area contributed by atoms with Crippen LogP contribution in [-0.4, -0.2) is 54.2 Å². The molecule has 1 spiro atoms. The lowest BCUT2D eigenvalue weighted by atomic mass is 9.87. The van der Waals surface area contributed by atoms with Crippen LogP contribution in [0.15, 0.2) is 18.2 Å². The highest BCUT2D eigenvalue weighted by atomic mass is 16.5. The predicted octanol–water partition coefficient (Wildman–Crippen LogP) is 1.30. The average molecular weight is 303 g/mol. The number of nitrogens with one attached hydrogen (secondary N) is 1. The molecule has 120 valence electrons. The van der Waals surface area contributed by atoms with Crippen molar-refractivity contribution in [1.82, 2.24) is 15.2 Å². The SMILES string of the molecule is Cc1cccc(CCN2CCC3(CC2)CC(=O)NCCO3)n1. The summed E-state index contributed by atoms with van der Waals surface area (Å²) in [5.41, 5.74) is 2.01.